The Labute approximate surface area is 107 Å². The van der Waals surface area contributed by atoms with Crippen molar-refractivity contribution < 1.29 is 8.42 Å². The van der Waals surface area contributed by atoms with E-state index in [0.29, 0.717) is 17.2 Å². The summed E-state index contributed by atoms with van der Waals surface area (Å²) < 4.78 is 22.7. The second kappa shape index (κ2) is 4.96. The Morgan fingerprint density at radius 2 is 2.00 bits per heavy atom. The number of hydrogen-bond acceptors (Lipinski definition) is 3. The first kappa shape index (κ1) is 12.9. The lowest BCUT2D eigenvalue weighted by Crippen LogP contribution is -2.32. The second-order valence-corrected chi connectivity index (χ2v) is 7.21. The second-order valence-electron chi connectivity index (χ2n) is 4.54. The van der Waals surface area contributed by atoms with Crippen LogP contribution in [0, 0.1) is 0 Å². The molecular weight excluding hydrogens is 258 g/mol. The molecule has 5 heteroatoms. The summed E-state index contributed by atoms with van der Waals surface area (Å²) in [5.74, 6) is 0.558. The normalized spacial score (nSPS) is 24.7. The number of sulfone groups is 1. The van der Waals surface area contributed by atoms with E-state index in [1.807, 2.05) is 31.2 Å². The lowest BCUT2D eigenvalue weighted by atomic mass is 10.1. The van der Waals surface area contributed by atoms with Gasteiger partial charge in [0.2, 0.25) is 0 Å². The molecule has 2 rings (SSSR count). The third kappa shape index (κ3) is 3.44. The van der Waals surface area contributed by atoms with Gasteiger partial charge < -0.3 is 5.32 Å². The molecule has 0 bridgehead atoms. The summed E-state index contributed by atoms with van der Waals surface area (Å²) in [4.78, 5) is 0. The summed E-state index contributed by atoms with van der Waals surface area (Å²) in [6.07, 6.45) is 0.709. The van der Waals surface area contributed by atoms with Crippen LogP contribution in [0.1, 0.15) is 24.9 Å². The number of benzene rings is 1. The number of hydrogen-bond donors (Lipinski definition) is 1. The molecule has 3 nitrogen and oxygen atoms in total. The van der Waals surface area contributed by atoms with Gasteiger partial charge in [-0.05, 0) is 31.0 Å². The molecule has 2 atom stereocenters. The Morgan fingerprint density at radius 1 is 1.35 bits per heavy atom. The van der Waals surface area contributed by atoms with E-state index in [9.17, 15) is 8.42 Å². The Hall–Kier alpha value is -0.580. The molecule has 1 aliphatic rings. The first-order chi connectivity index (χ1) is 7.96. The third-order valence-corrected chi connectivity index (χ3v) is 5.11. The zero-order chi connectivity index (χ0) is 12.5. The third-order valence-electron chi connectivity index (χ3n) is 3.09. The predicted octanol–water partition coefficient (Wildman–Crippen LogP) is 2.18. The van der Waals surface area contributed by atoms with E-state index < -0.39 is 9.84 Å². The SMILES string of the molecule is C[C@H](NC1CCS(=O)(=O)C1)c1ccc(Cl)cc1. The maximum atomic E-state index is 11.3. The van der Waals surface area contributed by atoms with Crippen LogP contribution >= 0.6 is 11.6 Å². The topological polar surface area (TPSA) is 46.2 Å². The van der Waals surface area contributed by atoms with Gasteiger partial charge >= 0.3 is 0 Å². The Bertz CT molecular complexity index is 484. The monoisotopic (exact) mass is 273 g/mol. The summed E-state index contributed by atoms with van der Waals surface area (Å²) in [7, 11) is -2.81. The molecule has 1 unspecified atom stereocenters. The quantitative estimate of drug-likeness (QED) is 0.918. The molecule has 1 aromatic carbocycles. The molecular formula is C12H16ClNO2S. The van der Waals surface area contributed by atoms with Crippen molar-refractivity contribution in [3.8, 4) is 0 Å². The van der Waals surface area contributed by atoms with Crippen LogP contribution in [0.2, 0.25) is 5.02 Å². The molecule has 94 valence electrons. The van der Waals surface area contributed by atoms with Crippen molar-refractivity contribution in [2.75, 3.05) is 11.5 Å². The van der Waals surface area contributed by atoms with Crippen LogP contribution in [0.3, 0.4) is 0 Å². The van der Waals surface area contributed by atoms with Crippen LogP contribution in [-0.2, 0) is 9.84 Å². The highest BCUT2D eigenvalue weighted by atomic mass is 35.5. The molecule has 0 saturated carbocycles. The van der Waals surface area contributed by atoms with Gasteiger partial charge in [-0.1, -0.05) is 23.7 Å². The zero-order valence-electron chi connectivity index (χ0n) is 9.69. The van der Waals surface area contributed by atoms with Gasteiger partial charge in [-0.15, -0.1) is 0 Å². The highest BCUT2D eigenvalue weighted by Gasteiger charge is 2.28. The van der Waals surface area contributed by atoms with Crippen molar-refractivity contribution in [1.82, 2.24) is 5.32 Å². The van der Waals surface area contributed by atoms with Gasteiger partial charge in [0, 0.05) is 17.1 Å². The van der Waals surface area contributed by atoms with Crippen LogP contribution in [0.4, 0.5) is 0 Å². The smallest absolute Gasteiger partial charge is 0.151 e. The van der Waals surface area contributed by atoms with E-state index in [0.717, 1.165) is 5.56 Å². The molecule has 1 fully saturated rings. The fourth-order valence-electron chi connectivity index (χ4n) is 2.13. The highest BCUT2D eigenvalue weighted by Crippen LogP contribution is 2.19. The number of rotatable bonds is 3. The largest absolute Gasteiger partial charge is 0.306 e. The van der Waals surface area contributed by atoms with E-state index in [1.165, 1.54) is 0 Å². The molecule has 1 aromatic rings. The average Bonchev–Trinajstić information content (AvgIpc) is 2.59. The molecule has 0 spiro atoms. The lowest BCUT2D eigenvalue weighted by Gasteiger charge is -2.18. The summed E-state index contributed by atoms with van der Waals surface area (Å²) >= 11 is 5.82. The van der Waals surface area contributed by atoms with Gasteiger partial charge in [-0.3, -0.25) is 0 Å². The van der Waals surface area contributed by atoms with E-state index >= 15 is 0 Å². The van der Waals surface area contributed by atoms with Crippen molar-refractivity contribution in [1.29, 1.82) is 0 Å². The summed E-state index contributed by atoms with van der Waals surface area (Å²) in [6.45, 7) is 2.04. The van der Waals surface area contributed by atoms with Crippen LogP contribution in [-0.4, -0.2) is 26.0 Å². The molecule has 17 heavy (non-hydrogen) atoms. The van der Waals surface area contributed by atoms with Gasteiger partial charge in [-0.2, -0.15) is 0 Å². The highest BCUT2D eigenvalue weighted by molar-refractivity contribution is 7.91. The minimum absolute atomic E-state index is 0.0747. The Morgan fingerprint density at radius 3 is 2.53 bits per heavy atom. The summed E-state index contributed by atoms with van der Waals surface area (Å²) in [5.41, 5.74) is 1.12. The molecule has 1 saturated heterocycles. The van der Waals surface area contributed by atoms with Gasteiger partial charge in [0.05, 0.1) is 11.5 Å². The van der Waals surface area contributed by atoms with Gasteiger partial charge in [-0.25, -0.2) is 8.42 Å². The van der Waals surface area contributed by atoms with E-state index in [1.54, 1.807) is 0 Å². The molecule has 0 aliphatic carbocycles. The van der Waals surface area contributed by atoms with Crippen molar-refractivity contribution in [2.45, 2.75) is 25.4 Å². The zero-order valence-corrected chi connectivity index (χ0v) is 11.3. The number of halogens is 1. The van der Waals surface area contributed by atoms with Crippen LogP contribution in [0.15, 0.2) is 24.3 Å². The van der Waals surface area contributed by atoms with Crippen LogP contribution in [0.5, 0.6) is 0 Å². The lowest BCUT2D eigenvalue weighted by molar-refractivity contribution is 0.485. The minimum Gasteiger partial charge on any atom is -0.306 e. The minimum atomic E-state index is -2.81. The van der Waals surface area contributed by atoms with Crippen molar-refractivity contribution >= 4 is 21.4 Å². The Kier molecular flexibility index (Phi) is 3.76. The maximum Gasteiger partial charge on any atom is 0.151 e. The average molecular weight is 274 g/mol. The van der Waals surface area contributed by atoms with Crippen molar-refractivity contribution in [3.05, 3.63) is 34.9 Å². The number of nitrogens with one attached hydrogen (secondary N) is 1. The summed E-state index contributed by atoms with van der Waals surface area (Å²) in [6, 6.07) is 7.84. The van der Waals surface area contributed by atoms with Gasteiger partial charge in [0.1, 0.15) is 0 Å². The van der Waals surface area contributed by atoms with Gasteiger partial charge in [0.15, 0.2) is 9.84 Å². The molecule has 0 radical (unpaired) electrons. The van der Waals surface area contributed by atoms with Crippen LogP contribution < -0.4 is 5.32 Å². The van der Waals surface area contributed by atoms with Crippen molar-refractivity contribution in [3.63, 3.8) is 0 Å². The predicted molar refractivity (Wildman–Crippen MR) is 70.1 cm³/mol. The first-order valence-corrected chi connectivity index (χ1v) is 7.88. The molecule has 0 amide bonds. The summed E-state index contributed by atoms with van der Waals surface area (Å²) in [5, 5.41) is 4.06. The fraction of sp³-hybridized carbons (Fsp3) is 0.500. The van der Waals surface area contributed by atoms with Crippen LogP contribution in [0.25, 0.3) is 0 Å². The molecule has 1 aliphatic heterocycles. The van der Waals surface area contributed by atoms with Crippen molar-refractivity contribution in [2.24, 2.45) is 0 Å². The fourth-order valence-corrected chi connectivity index (χ4v) is 3.94. The van der Waals surface area contributed by atoms with Gasteiger partial charge in [0.25, 0.3) is 0 Å². The van der Waals surface area contributed by atoms with E-state index in [4.69, 9.17) is 11.6 Å². The van der Waals surface area contributed by atoms with E-state index in [2.05, 4.69) is 5.32 Å². The molecule has 1 N–H and O–H groups in total. The first-order valence-electron chi connectivity index (χ1n) is 5.68. The maximum absolute atomic E-state index is 11.3. The van der Waals surface area contributed by atoms with E-state index in [-0.39, 0.29) is 17.8 Å². The molecule has 0 aromatic heterocycles. The Balaban J connectivity index is 1.98. The standard InChI is InChI=1S/C12H16ClNO2S/c1-9(10-2-4-11(13)5-3-10)14-12-6-7-17(15,16)8-12/h2-5,9,12,14H,6-8H2,1H3/t9-,12?/m0/s1. The molecule has 1 heterocycles.